The number of nitro groups is 1. The lowest BCUT2D eigenvalue weighted by molar-refractivity contribution is -0.921. The number of piperazine rings is 1. The third-order valence-electron chi connectivity index (χ3n) is 5.57. The molecule has 2 fully saturated rings. The van der Waals surface area contributed by atoms with Crippen LogP contribution in [0, 0.1) is 10.1 Å². The highest BCUT2D eigenvalue weighted by Gasteiger charge is 2.30. The molecule has 0 saturated carbocycles. The lowest BCUT2D eigenvalue weighted by Gasteiger charge is -2.37. The number of carbonyl (C=O) groups is 1. The number of rotatable bonds is 4. The van der Waals surface area contributed by atoms with Crippen LogP contribution in [0.4, 0.5) is 11.4 Å². The standard InChI is InChI=1S/C18H25ClN4O3/c1-14-4-2-3-7-22(14)13-18(24)21-10-8-20(9-11-21)16-6-5-15(19)12-17(16)23(25)26/h5-6,12,14H,2-4,7-11,13H2,1H3/p+1/t14-/m1/s1. The minimum absolute atomic E-state index is 0.0175. The van der Waals surface area contributed by atoms with Gasteiger partial charge in [-0.1, -0.05) is 11.6 Å². The van der Waals surface area contributed by atoms with Crippen molar-refractivity contribution < 1.29 is 14.6 Å². The summed E-state index contributed by atoms with van der Waals surface area (Å²) in [6, 6.07) is 5.29. The maximum atomic E-state index is 12.6. The molecule has 26 heavy (non-hydrogen) atoms. The fourth-order valence-corrected chi connectivity index (χ4v) is 4.10. The van der Waals surface area contributed by atoms with E-state index in [9.17, 15) is 14.9 Å². The van der Waals surface area contributed by atoms with Gasteiger partial charge in [-0.3, -0.25) is 14.9 Å². The molecule has 3 rings (SSSR count). The van der Waals surface area contributed by atoms with Crippen LogP contribution in [0.1, 0.15) is 26.2 Å². The third-order valence-corrected chi connectivity index (χ3v) is 5.80. The van der Waals surface area contributed by atoms with E-state index in [0.29, 0.717) is 49.5 Å². The maximum absolute atomic E-state index is 12.6. The van der Waals surface area contributed by atoms with Crippen molar-refractivity contribution in [2.45, 2.75) is 32.2 Å². The molecule has 2 atom stereocenters. The van der Waals surface area contributed by atoms with Gasteiger partial charge >= 0.3 is 0 Å². The monoisotopic (exact) mass is 381 g/mol. The Balaban J connectivity index is 1.59. The predicted molar refractivity (Wildman–Crippen MR) is 101 cm³/mol. The molecular weight excluding hydrogens is 356 g/mol. The van der Waals surface area contributed by atoms with Gasteiger partial charge in [-0.25, -0.2) is 0 Å². The molecule has 0 spiro atoms. The van der Waals surface area contributed by atoms with Gasteiger partial charge in [-0.15, -0.1) is 0 Å². The summed E-state index contributed by atoms with van der Waals surface area (Å²) in [6.45, 7) is 6.24. The lowest BCUT2D eigenvalue weighted by Crippen LogP contribution is -3.17. The zero-order valence-corrected chi connectivity index (χ0v) is 15.9. The first-order valence-corrected chi connectivity index (χ1v) is 9.64. The molecule has 0 aliphatic carbocycles. The number of piperidine rings is 1. The van der Waals surface area contributed by atoms with Crippen LogP contribution in [-0.4, -0.2) is 61.0 Å². The normalized spacial score (nSPS) is 23.8. The van der Waals surface area contributed by atoms with Crippen molar-refractivity contribution in [2.75, 3.05) is 44.2 Å². The zero-order chi connectivity index (χ0) is 18.7. The summed E-state index contributed by atoms with van der Waals surface area (Å²) in [7, 11) is 0. The van der Waals surface area contributed by atoms with Gasteiger partial charge in [0.25, 0.3) is 11.6 Å². The van der Waals surface area contributed by atoms with E-state index in [-0.39, 0.29) is 11.6 Å². The average molecular weight is 382 g/mol. The Kier molecular flexibility index (Phi) is 5.98. The van der Waals surface area contributed by atoms with Crippen molar-refractivity contribution in [3.05, 3.63) is 33.3 Å². The van der Waals surface area contributed by atoms with Crippen LogP contribution in [0.2, 0.25) is 5.02 Å². The van der Waals surface area contributed by atoms with E-state index in [1.165, 1.54) is 30.2 Å². The molecule has 2 saturated heterocycles. The molecular formula is C18H26ClN4O3+. The number of amides is 1. The van der Waals surface area contributed by atoms with Crippen LogP contribution >= 0.6 is 11.6 Å². The minimum Gasteiger partial charge on any atom is -0.362 e. The van der Waals surface area contributed by atoms with Crippen LogP contribution in [0.25, 0.3) is 0 Å². The number of benzene rings is 1. The third kappa shape index (κ3) is 4.27. The number of carbonyl (C=O) groups excluding carboxylic acids is 1. The smallest absolute Gasteiger partial charge is 0.294 e. The molecule has 0 bridgehead atoms. The highest BCUT2D eigenvalue weighted by Crippen LogP contribution is 2.31. The van der Waals surface area contributed by atoms with Gasteiger partial charge in [0.05, 0.1) is 17.5 Å². The number of likely N-dealkylation sites (tertiary alicyclic amines) is 1. The molecule has 8 heteroatoms. The topological polar surface area (TPSA) is 71.1 Å². The van der Waals surface area contributed by atoms with E-state index < -0.39 is 4.92 Å². The average Bonchev–Trinajstić information content (AvgIpc) is 2.63. The van der Waals surface area contributed by atoms with Gasteiger partial charge in [0.2, 0.25) is 0 Å². The van der Waals surface area contributed by atoms with Gasteiger partial charge in [-0.2, -0.15) is 0 Å². The highest BCUT2D eigenvalue weighted by atomic mass is 35.5. The molecule has 2 aliphatic heterocycles. The molecule has 0 aromatic heterocycles. The first-order chi connectivity index (χ1) is 12.5. The molecule has 1 amide bonds. The Morgan fingerprint density at radius 3 is 2.69 bits per heavy atom. The second kappa shape index (κ2) is 8.22. The Labute approximate surface area is 158 Å². The fourth-order valence-electron chi connectivity index (χ4n) is 3.93. The SMILES string of the molecule is C[C@@H]1CCCC[NH+]1CC(=O)N1CCN(c2ccc(Cl)cc2[N+](=O)[O-])CC1. The van der Waals surface area contributed by atoms with E-state index in [1.54, 1.807) is 12.1 Å². The number of halogens is 1. The first kappa shape index (κ1) is 18.9. The molecule has 2 aliphatic rings. The minimum atomic E-state index is -0.403. The molecule has 142 valence electrons. The Bertz CT molecular complexity index is 676. The van der Waals surface area contributed by atoms with E-state index in [1.807, 2.05) is 9.80 Å². The van der Waals surface area contributed by atoms with E-state index in [2.05, 4.69) is 6.92 Å². The number of nitrogens with zero attached hydrogens (tertiary/aromatic N) is 3. The number of anilines is 1. The van der Waals surface area contributed by atoms with Crippen molar-refractivity contribution >= 4 is 28.9 Å². The predicted octanol–water partition coefficient (Wildman–Crippen LogP) is 1.35. The van der Waals surface area contributed by atoms with Crippen molar-refractivity contribution in [1.29, 1.82) is 0 Å². The van der Waals surface area contributed by atoms with Gasteiger partial charge in [-0.05, 0) is 38.3 Å². The summed E-state index contributed by atoms with van der Waals surface area (Å²) in [6.07, 6.45) is 3.65. The molecule has 7 nitrogen and oxygen atoms in total. The highest BCUT2D eigenvalue weighted by molar-refractivity contribution is 6.30. The molecule has 1 aromatic carbocycles. The summed E-state index contributed by atoms with van der Waals surface area (Å²) < 4.78 is 0. The van der Waals surface area contributed by atoms with Crippen LogP contribution in [0.5, 0.6) is 0 Å². The van der Waals surface area contributed by atoms with Crippen molar-refractivity contribution in [3.63, 3.8) is 0 Å². The number of nitrogens with one attached hydrogen (secondary N) is 1. The largest absolute Gasteiger partial charge is 0.362 e. The van der Waals surface area contributed by atoms with E-state index in [4.69, 9.17) is 11.6 Å². The molecule has 2 heterocycles. The zero-order valence-electron chi connectivity index (χ0n) is 15.1. The Morgan fingerprint density at radius 1 is 1.31 bits per heavy atom. The van der Waals surface area contributed by atoms with Gasteiger partial charge < -0.3 is 14.7 Å². The second-order valence-electron chi connectivity index (χ2n) is 7.24. The summed E-state index contributed by atoms with van der Waals surface area (Å²) in [4.78, 5) is 28.8. The van der Waals surface area contributed by atoms with Gasteiger partial charge in [0, 0.05) is 37.3 Å². The molecule has 0 radical (unpaired) electrons. The second-order valence-corrected chi connectivity index (χ2v) is 7.68. The van der Waals surface area contributed by atoms with Crippen molar-refractivity contribution in [3.8, 4) is 0 Å². The maximum Gasteiger partial charge on any atom is 0.294 e. The molecule has 1 unspecified atom stereocenters. The summed E-state index contributed by atoms with van der Waals surface area (Å²) in [5, 5.41) is 11.6. The molecule has 1 aromatic rings. The summed E-state index contributed by atoms with van der Waals surface area (Å²) >= 11 is 5.89. The van der Waals surface area contributed by atoms with Gasteiger partial charge in [0.1, 0.15) is 5.69 Å². The number of nitro benzene ring substituents is 1. The van der Waals surface area contributed by atoms with E-state index in [0.717, 1.165) is 6.54 Å². The lowest BCUT2D eigenvalue weighted by atomic mass is 10.0. The van der Waals surface area contributed by atoms with Crippen molar-refractivity contribution in [2.24, 2.45) is 0 Å². The van der Waals surface area contributed by atoms with Crippen LogP contribution < -0.4 is 9.80 Å². The molecule has 1 N–H and O–H groups in total. The van der Waals surface area contributed by atoms with Crippen molar-refractivity contribution in [1.82, 2.24) is 4.90 Å². The Hall–Kier alpha value is -1.86. The Morgan fingerprint density at radius 2 is 2.04 bits per heavy atom. The summed E-state index contributed by atoms with van der Waals surface area (Å²) in [5.74, 6) is 0.194. The quantitative estimate of drug-likeness (QED) is 0.631. The number of hydrogen-bond acceptors (Lipinski definition) is 4. The number of hydrogen-bond donors (Lipinski definition) is 1. The van der Waals surface area contributed by atoms with E-state index >= 15 is 0 Å². The first-order valence-electron chi connectivity index (χ1n) is 9.27. The van der Waals surface area contributed by atoms with Gasteiger partial charge in [0.15, 0.2) is 6.54 Å². The number of quaternary nitrogens is 1. The van der Waals surface area contributed by atoms with Crippen LogP contribution in [0.15, 0.2) is 18.2 Å². The summed E-state index contributed by atoms with van der Waals surface area (Å²) in [5.41, 5.74) is 0.589. The fraction of sp³-hybridized carbons (Fsp3) is 0.611. The van der Waals surface area contributed by atoms with Crippen LogP contribution in [-0.2, 0) is 4.79 Å². The van der Waals surface area contributed by atoms with Crippen LogP contribution in [0.3, 0.4) is 0 Å².